The largest absolute Gasteiger partial charge is 0.476 e. The average Bonchev–Trinajstić information content (AvgIpc) is 2.52. The summed E-state index contributed by atoms with van der Waals surface area (Å²) in [5, 5.41) is 11.2. The van der Waals surface area contributed by atoms with Crippen LogP contribution in [-0.2, 0) is 0 Å². The number of methoxy groups -OCH3 is 2. The summed E-state index contributed by atoms with van der Waals surface area (Å²) in [6.07, 6.45) is 3.24. The summed E-state index contributed by atoms with van der Waals surface area (Å²) in [4.78, 5) is 18.4. The fraction of sp³-hybridized carbons (Fsp3) is 0.143. The number of aromatic nitrogens is 2. The molecule has 0 spiro atoms. The summed E-state index contributed by atoms with van der Waals surface area (Å²) in [5.74, 6) is -0.139. The standard InChI is InChI=1S/C14H13N3O4/c1-20-13-12(17(18)19)11(15-14(16-13)21-2)9-8-10-6-4-3-5-7-10/h3-9H,1-2H3. The Labute approximate surface area is 121 Å². The lowest BCUT2D eigenvalue weighted by Crippen LogP contribution is -2.03. The van der Waals surface area contributed by atoms with Crippen molar-refractivity contribution in [3.8, 4) is 11.9 Å². The van der Waals surface area contributed by atoms with Gasteiger partial charge in [-0.2, -0.15) is 9.97 Å². The molecular weight excluding hydrogens is 274 g/mol. The lowest BCUT2D eigenvalue weighted by molar-refractivity contribution is -0.386. The van der Waals surface area contributed by atoms with Gasteiger partial charge in [0.15, 0.2) is 5.69 Å². The van der Waals surface area contributed by atoms with Crippen molar-refractivity contribution in [2.24, 2.45) is 0 Å². The number of hydrogen-bond acceptors (Lipinski definition) is 6. The van der Waals surface area contributed by atoms with Gasteiger partial charge in [-0.1, -0.05) is 36.4 Å². The Morgan fingerprint density at radius 3 is 2.38 bits per heavy atom. The van der Waals surface area contributed by atoms with Crippen molar-refractivity contribution in [2.45, 2.75) is 0 Å². The summed E-state index contributed by atoms with van der Waals surface area (Å²) >= 11 is 0. The van der Waals surface area contributed by atoms with Crippen LogP contribution in [0.1, 0.15) is 11.3 Å². The molecule has 1 aromatic carbocycles. The highest BCUT2D eigenvalue weighted by Gasteiger charge is 2.24. The van der Waals surface area contributed by atoms with E-state index in [2.05, 4.69) is 9.97 Å². The Morgan fingerprint density at radius 1 is 1.10 bits per heavy atom. The average molecular weight is 287 g/mol. The van der Waals surface area contributed by atoms with E-state index in [9.17, 15) is 10.1 Å². The van der Waals surface area contributed by atoms with E-state index in [-0.39, 0.29) is 23.3 Å². The highest BCUT2D eigenvalue weighted by atomic mass is 16.6. The van der Waals surface area contributed by atoms with Crippen LogP contribution in [-0.4, -0.2) is 29.1 Å². The molecule has 1 aromatic heterocycles. The van der Waals surface area contributed by atoms with Gasteiger partial charge in [0.1, 0.15) is 0 Å². The van der Waals surface area contributed by atoms with Gasteiger partial charge in [-0.25, -0.2) is 0 Å². The molecule has 0 aliphatic carbocycles. The summed E-state index contributed by atoms with van der Waals surface area (Å²) in [5.41, 5.74) is 0.710. The molecule has 2 aromatic rings. The molecule has 7 heteroatoms. The second-order valence-electron chi connectivity index (χ2n) is 3.95. The molecule has 0 amide bonds. The fourth-order valence-electron chi connectivity index (χ4n) is 1.69. The summed E-state index contributed by atoms with van der Waals surface area (Å²) in [6, 6.07) is 9.38. The van der Waals surface area contributed by atoms with E-state index >= 15 is 0 Å². The number of hydrogen-bond donors (Lipinski definition) is 0. The van der Waals surface area contributed by atoms with Crippen LogP contribution in [0, 0.1) is 10.1 Å². The van der Waals surface area contributed by atoms with Crippen LogP contribution in [0.5, 0.6) is 11.9 Å². The SMILES string of the molecule is COc1nc(C=Cc2ccccc2)c([N+](=O)[O-])c(OC)n1. The van der Waals surface area contributed by atoms with Crippen molar-refractivity contribution < 1.29 is 14.4 Å². The van der Waals surface area contributed by atoms with E-state index in [0.29, 0.717) is 0 Å². The first kappa shape index (κ1) is 14.4. The molecule has 0 N–H and O–H groups in total. The third kappa shape index (κ3) is 3.33. The van der Waals surface area contributed by atoms with E-state index in [1.807, 2.05) is 30.3 Å². The van der Waals surface area contributed by atoms with Crippen molar-refractivity contribution in [1.29, 1.82) is 0 Å². The van der Waals surface area contributed by atoms with Crippen molar-refractivity contribution >= 4 is 17.8 Å². The van der Waals surface area contributed by atoms with E-state index in [4.69, 9.17) is 9.47 Å². The normalized spacial score (nSPS) is 10.6. The molecule has 21 heavy (non-hydrogen) atoms. The Bertz CT molecular complexity index is 671. The maximum Gasteiger partial charge on any atom is 0.356 e. The number of rotatable bonds is 5. The molecule has 0 saturated carbocycles. The number of nitro groups is 1. The van der Waals surface area contributed by atoms with Crippen LogP contribution in [0.4, 0.5) is 5.69 Å². The van der Waals surface area contributed by atoms with Crippen LogP contribution in [0.2, 0.25) is 0 Å². The lowest BCUT2D eigenvalue weighted by atomic mass is 10.2. The maximum atomic E-state index is 11.2. The fourth-order valence-corrected chi connectivity index (χ4v) is 1.69. The van der Waals surface area contributed by atoms with E-state index < -0.39 is 4.92 Å². The molecular formula is C14H13N3O4. The first-order chi connectivity index (χ1) is 10.2. The Kier molecular flexibility index (Phi) is 4.45. The van der Waals surface area contributed by atoms with Crippen LogP contribution in [0.3, 0.4) is 0 Å². The molecule has 0 saturated heterocycles. The van der Waals surface area contributed by atoms with Crippen LogP contribution in [0.25, 0.3) is 12.2 Å². The topological polar surface area (TPSA) is 87.4 Å². The number of benzene rings is 1. The third-order valence-electron chi connectivity index (χ3n) is 2.65. The van der Waals surface area contributed by atoms with Crippen molar-refractivity contribution in [3.05, 3.63) is 51.7 Å². The quantitative estimate of drug-likeness (QED) is 0.620. The first-order valence-electron chi connectivity index (χ1n) is 6.03. The minimum atomic E-state index is -0.580. The third-order valence-corrected chi connectivity index (χ3v) is 2.65. The molecule has 7 nitrogen and oxygen atoms in total. The molecule has 0 fully saturated rings. The summed E-state index contributed by atoms with van der Waals surface area (Å²) < 4.78 is 9.86. The van der Waals surface area contributed by atoms with Gasteiger partial charge in [0, 0.05) is 0 Å². The summed E-state index contributed by atoms with van der Waals surface area (Å²) in [7, 11) is 2.69. The van der Waals surface area contributed by atoms with Gasteiger partial charge in [0.25, 0.3) is 0 Å². The predicted molar refractivity (Wildman–Crippen MR) is 77.2 cm³/mol. The molecule has 0 aliphatic rings. The van der Waals surface area contributed by atoms with E-state index in [0.717, 1.165) is 5.56 Å². The van der Waals surface area contributed by atoms with Gasteiger partial charge in [-0.15, -0.1) is 0 Å². The highest BCUT2D eigenvalue weighted by Crippen LogP contribution is 2.30. The van der Waals surface area contributed by atoms with Gasteiger partial charge in [-0.05, 0) is 11.6 Å². The highest BCUT2D eigenvalue weighted by molar-refractivity contribution is 5.73. The minimum Gasteiger partial charge on any atom is -0.476 e. The molecule has 2 rings (SSSR count). The Balaban J connectivity index is 2.50. The van der Waals surface area contributed by atoms with Crippen molar-refractivity contribution in [2.75, 3.05) is 14.2 Å². The van der Waals surface area contributed by atoms with Crippen molar-refractivity contribution in [1.82, 2.24) is 9.97 Å². The Morgan fingerprint density at radius 2 is 1.81 bits per heavy atom. The zero-order chi connectivity index (χ0) is 15.2. The lowest BCUT2D eigenvalue weighted by Gasteiger charge is -2.05. The van der Waals surface area contributed by atoms with E-state index in [1.54, 1.807) is 6.08 Å². The van der Waals surface area contributed by atoms with Gasteiger partial charge < -0.3 is 9.47 Å². The zero-order valence-corrected chi connectivity index (χ0v) is 11.5. The van der Waals surface area contributed by atoms with Gasteiger partial charge >= 0.3 is 17.6 Å². The van der Waals surface area contributed by atoms with Crippen LogP contribution >= 0.6 is 0 Å². The first-order valence-corrected chi connectivity index (χ1v) is 6.03. The number of ether oxygens (including phenoxy) is 2. The molecule has 1 heterocycles. The molecule has 0 bridgehead atoms. The molecule has 0 aliphatic heterocycles. The van der Waals surface area contributed by atoms with Gasteiger partial charge in [0.05, 0.1) is 19.1 Å². The van der Waals surface area contributed by atoms with Crippen LogP contribution in [0.15, 0.2) is 30.3 Å². The van der Waals surface area contributed by atoms with Gasteiger partial charge in [0.2, 0.25) is 0 Å². The Hall–Kier alpha value is -2.96. The van der Waals surface area contributed by atoms with Crippen LogP contribution < -0.4 is 9.47 Å². The molecule has 0 unspecified atom stereocenters. The molecule has 108 valence electrons. The predicted octanol–water partition coefficient (Wildman–Crippen LogP) is 2.57. The number of nitrogens with zero attached hydrogens (tertiary/aromatic N) is 3. The van der Waals surface area contributed by atoms with Gasteiger partial charge in [-0.3, -0.25) is 10.1 Å². The molecule has 0 atom stereocenters. The maximum absolute atomic E-state index is 11.2. The molecule has 0 radical (unpaired) electrons. The summed E-state index contributed by atoms with van der Waals surface area (Å²) in [6.45, 7) is 0. The van der Waals surface area contributed by atoms with Crippen molar-refractivity contribution in [3.63, 3.8) is 0 Å². The second kappa shape index (κ2) is 6.47. The smallest absolute Gasteiger partial charge is 0.356 e. The monoisotopic (exact) mass is 287 g/mol. The van der Waals surface area contributed by atoms with E-state index in [1.165, 1.54) is 20.3 Å². The zero-order valence-electron chi connectivity index (χ0n) is 11.5. The minimum absolute atomic E-state index is 0.00478. The second-order valence-corrected chi connectivity index (χ2v) is 3.95.